The largest absolute Gasteiger partial charge is 0.456 e. The predicted molar refractivity (Wildman–Crippen MR) is 204 cm³/mol. The summed E-state index contributed by atoms with van der Waals surface area (Å²) >= 11 is 0. The van der Waals surface area contributed by atoms with Crippen molar-refractivity contribution < 1.29 is 8.83 Å². The lowest BCUT2D eigenvalue weighted by molar-refractivity contribution is 0.572. The van der Waals surface area contributed by atoms with Crippen molar-refractivity contribution in [2.45, 2.75) is 26.2 Å². The van der Waals surface area contributed by atoms with Gasteiger partial charge in [0, 0.05) is 32.7 Å². The van der Waals surface area contributed by atoms with Crippen molar-refractivity contribution >= 4 is 61.6 Å². The number of hydrogen-bond acceptors (Lipinski definition) is 3. The molecule has 0 atom stereocenters. The van der Waals surface area contributed by atoms with E-state index < -0.39 is 0 Å². The Hall–Kier alpha value is -6.06. The highest BCUT2D eigenvalue weighted by Gasteiger charge is 2.38. The molecule has 0 unspecified atom stereocenters. The molecule has 2 aromatic heterocycles. The van der Waals surface area contributed by atoms with E-state index in [0.29, 0.717) is 0 Å². The molecule has 3 heteroatoms. The third kappa shape index (κ3) is 4.36. The summed E-state index contributed by atoms with van der Waals surface area (Å²) in [6, 6.07) is 47.3. The number of hydrogen-bond donors (Lipinski definition) is 0. The number of allylic oxidation sites excluding steroid dienone is 1. The summed E-state index contributed by atoms with van der Waals surface area (Å²) in [6.45, 7) is 10.8. The van der Waals surface area contributed by atoms with Crippen LogP contribution < -0.4 is 15.5 Å². The molecule has 0 bridgehead atoms. The molecule has 3 nitrogen and oxygen atoms in total. The summed E-state index contributed by atoms with van der Waals surface area (Å²) in [5.74, 6) is 0. The van der Waals surface area contributed by atoms with Crippen molar-refractivity contribution in [3.63, 3.8) is 0 Å². The normalized spacial score (nSPS) is 14.3. The molecule has 2 heterocycles. The molecular formula is C46H35NO2. The van der Waals surface area contributed by atoms with Gasteiger partial charge in [-0.1, -0.05) is 124 Å². The minimum absolute atomic E-state index is 0.120. The zero-order valence-electron chi connectivity index (χ0n) is 27.8. The van der Waals surface area contributed by atoms with Crippen molar-refractivity contribution in [1.29, 1.82) is 0 Å². The molecule has 0 radical (unpaired) electrons. The van der Waals surface area contributed by atoms with Crippen LogP contribution in [0.2, 0.25) is 0 Å². The van der Waals surface area contributed by atoms with Crippen LogP contribution in [0.5, 0.6) is 0 Å². The second-order valence-electron chi connectivity index (χ2n) is 13.4. The number of anilines is 3. The molecule has 8 aromatic rings. The van der Waals surface area contributed by atoms with Gasteiger partial charge in [-0.05, 0) is 77.2 Å². The fourth-order valence-corrected chi connectivity index (χ4v) is 7.89. The Morgan fingerprint density at radius 2 is 1.27 bits per heavy atom. The van der Waals surface area contributed by atoms with Gasteiger partial charge >= 0.3 is 0 Å². The van der Waals surface area contributed by atoms with Crippen LogP contribution in [0.3, 0.4) is 0 Å². The van der Waals surface area contributed by atoms with E-state index in [4.69, 9.17) is 8.83 Å². The molecule has 0 aliphatic heterocycles. The van der Waals surface area contributed by atoms with Crippen LogP contribution in [-0.2, 0) is 5.41 Å². The molecule has 0 amide bonds. The Balaban J connectivity index is 1.30. The summed E-state index contributed by atoms with van der Waals surface area (Å²) in [6.07, 6.45) is 3.86. The monoisotopic (exact) mass is 633 g/mol. The van der Waals surface area contributed by atoms with Gasteiger partial charge in [0.1, 0.15) is 22.2 Å². The minimum Gasteiger partial charge on any atom is -0.456 e. The Bertz CT molecular complexity index is 2720. The van der Waals surface area contributed by atoms with E-state index in [1.807, 2.05) is 42.5 Å². The minimum atomic E-state index is -0.120. The van der Waals surface area contributed by atoms with Crippen LogP contribution in [0.15, 0.2) is 155 Å². The molecule has 0 saturated carbocycles. The first-order chi connectivity index (χ1) is 24.0. The van der Waals surface area contributed by atoms with Crippen molar-refractivity contribution in [1.82, 2.24) is 0 Å². The second kappa shape index (κ2) is 11.0. The van der Waals surface area contributed by atoms with Gasteiger partial charge in [-0.2, -0.15) is 0 Å². The SMILES string of the molecule is C=C/C=c1\c(=C(/C)c2ccc(N(c3cccc4c3-c3ccccc3C4(C)C)c3cccc4oc5ccccc5c34)cc2)oc2ccccc12. The van der Waals surface area contributed by atoms with Crippen LogP contribution in [0.4, 0.5) is 17.1 Å². The predicted octanol–water partition coefficient (Wildman–Crippen LogP) is 11.3. The molecular weight excluding hydrogens is 599 g/mol. The third-order valence-corrected chi connectivity index (χ3v) is 10.3. The molecule has 0 saturated heterocycles. The van der Waals surface area contributed by atoms with Crippen LogP contribution >= 0.6 is 0 Å². The van der Waals surface area contributed by atoms with Crippen molar-refractivity contribution in [2.75, 3.05) is 4.90 Å². The highest BCUT2D eigenvalue weighted by Crippen LogP contribution is 2.55. The molecule has 1 aliphatic rings. The Morgan fingerprint density at radius 3 is 2.06 bits per heavy atom. The molecule has 9 rings (SSSR count). The number of furan rings is 2. The smallest absolute Gasteiger partial charge is 0.138 e. The number of para-hydroxylation sites is 2. The number of rotatable bonds is 5. The highest BCUT2D eigenvalue weighted by molar-refractivity contribution is 6.14. The summed E-state index contributed by atoms with van der Waals surface area (Å²) in [7, 11) is 0. The van der Waals surface area contributed by atoms with E-state index in [-0.39, 0.29) is 5.41 Å². The van der Waals surface area contributed by atoms with Crippen LogP contribution in [0, 0.1) is 0 Å². The second-order valence-corrected chi connectivity index (χ2v) is 13.4. The summed E-state index contributed by atoms with van der Waals surface area (Å²) in [5, 5.41) is 4.33. The first kappa shape index (κ1) is 29.1. The van der Waals surface area contributed by atoms with Gasteiger partial charge in [0.05, 0.1) is 16.8 Å². The van der Waals surface area contributed by atoms with E-state index in [0.717, 1.165) is 71.7 Å². The van der Waals surface area contributed by atoms with Gasteiger partial charge < -0.3 is 13.7 Å². The fraction of sp³-hybridized carbons (Fsp3) is 0.0870. The van der Waals surface area contributed by atoms with Crippen molar-refractivity contribution in [3.8, 4) is 11.1 Å². The summed E-state index contributed by atoms with van der Waals surface area (Å²) in [4.78, 5) is 2.42. The Kier molecular flexibility index (Phi) is 6.53. The zero-order valence-corrected chi connectivity index (χ0v) is 27.8. The number of benzene rings is 6. The van der Waals surface area contributed by atoms with Crippen LogP contribution in [-0.4, -0.2) is 0 Å². The van der Waals surface area contributed by atoms with Gasteiger partial charge in [0.25, 0.3) is 0 Å². The zero-order chi connectivity index (χ0) is 33.3. The fourth-order valence-electron chi connectivity index (χ4n) is 7.89. The van der Waals surface area contributed by atoms with Gasteiger partial charge in [-0.25, -0.2) is 0 Å². The molecule has 236 valence electrons. The highest BCUT2D eigenvalue weighted by atomic mass is 16.3. The first-order valence-electron chi connectivity index (χ1n) is 16.8. The maximum atomic E-state index is 6.43. The third-order valence-electron chi connectivity index (χ3n) is 10.3. The molecule has 49 heavy (non-hydrogen) atoms. The average molecular weight is 634 g/mol. The molecule has 0 spiro atoms. The lowest BCUT2D eigenvalue weighted by Gasteiger charge is -2.29. The Morgan fingerprint density at radius 1 is 0.633 bits per heavy atom. The standard InChI is InChI=1S/C46H35NO2/c1-5-14-33-32-15-7-10-22-40(32)49-45(33)29(2)30-25-27-31(28-26-30)47(39-21-13-24-42-44(39)35-17-8-11-23-41(35)48-42)38-20-12-19-37-43(38)34-16-6-9-18-36(34)46(37,3)4/h5-28H,1H2,2-4H3/b33-14-,45-29-. The molecule has 6 aromatic carbocycles. The lowest BCUT2D eigenvalue weighted by Crippen LogP contribution is -2.22. The van der Waals surface area contributed by atoms with Gasteiger partial charge in [-0.15, -0.1) is 0 Å². The van der Waals surface area contributed by atoms with Crippen LogP contribution in [0.25, 0.3) is 55.7 Å². The lowest BCUT2D eigenvalue weighted by atomic mass is 9.82. The molecule has 0 N–H and O–H groups in total. The molecule has 0 fully saturated rings. The van der Waals surface area contributed by atoms with E-state index in [1.54, 1.807) is 0 Å². The van der Waals surface area contributed by atoms with Crippen molar-refractivity contribution in [3.05, 3.63) is 173 Å². The first-order valence-corrected chi connectivity index (χ1v) is 16.8. The summed E-state index contributed by atoms with van der Waals surface area (Å²) < 4.78 is 12.8. The quantitative estimate of drug-likeness (QED) is 0.189. The van der Waals surface area contributed by atoms with Gasteiger partial charge in [0.15, 0.2) is 0 Å². The van der Waals surface area contributed by atoms with E-state index in [2.05, 4.69) is 135 Å². The van der Waals surface area contributed by atoms with Gasteiger partial charge in [-0.3, -0.25) is 0 Å². The van der Waals surface area contributed by atoms with E-state index in [9.17, 15) is 0 Å². The average Bonchev–Trinajstić information content (AvgIpc) is 3.77. The van der Waals surface area contributed by atoms with Crippen LogP contribution in [0.1, 0.15) is 37.5 Å². The maximum Gasteiger partial charge on any atom is 0.138 e. The van der Waals surface area contributed by atoms with E-state index in [1.165, 1.54) is 22.3 Å². The maximum absolute atomic E-state index is 6.43. The van der Waals surface area contributed by atoms with E-state index >= 15 is 0 Å². The number of nitrogens with zero attached hydrogens (tertiary/aromatic N) is 1. The topological polar surface area (TPSA) is 29.5 Å². The molecule has 1 aliphatic carbocycles. The van der Waals surface area contributed by atoms with Crippen molar-refractivity contribution in [2.24, 2.45) is 0 Å². The van der Waals surface area contributed by atoms with Gasteiger partial charge in [0.2, 0.25) is 0 Å². The number of fused-ring (bicyclic) bond motifs is 7. The Labute approximate surface area is 285 Å². The summed E-state index contributed by atoms with van der Waals surface area (Å²) in [5.41, 5.74) is 14.0.